The molecule has 1 aromatic carbocycles. The molecule has 1 heterocycles. The van der Waals surface area contributed by atoms with Crippen molar-refractivity contribution in [3.63, 3.8) is 0 Å². The molecule has 0 amide bonds. The van der Waals surface area contributed by atoms with Crippen LogP contribution in [0.15, 0.2) is 30.5 Å². The van der Waals surface area contributed by atoms with E-state index in [9.17, 15) is 0 Å². The summed E-state index contributed by atoms with van der Waals surface area (Å²) in [5.74, 6) is 0. The molecule has 0 radical (unpaired) electrons. The molecule has 0 unspecified atom stereocenters. The molecule has 3 heteroatoms. The number of fused-ring (bicyclic) bond motifs is 1. The van der Waals surface area contributed by atoms with E-state index in [4.69, 9.17) is 5.73 Å². The van der Waals surface area contributed by atoms with E-state index in [2.05, 4.69) is 42.8 Å². The van der Waals surface area contributed by atoms with Crippen LogP contribution in [-0.2, 0) is 0 Å². The maximum Gasteiger partial charge on any atom is 0.0743 e. The molecule has 0 bridgehead atoms. The first kappa shape index (κ1) is 14.6. The molecular weight excluding hydrogens is 246 g/mol. The lowest BCUT2D eigenvalue weighted by Gasteiger charge is -2.30. The van der Waals surface area contributed by atoms with Gasteiger partial charge in [0.2, 0.25) is 0 Å². The van der Waals surface area contributed by atoms with E-state index in [0.29, 0.717) is 6.04 Å². The van der Waals surface area contributed by atoms with Gasteiger partial charge in [0.05, 0.1) is 5.52 Å². The van der Waals surface area contributed by atoms with Crippen molar-refractivity contribution in [2.75, 3.05) is 17.2 Å². The van der Waals surface area contributed by atoms with Crippen molar-refractivity contribution in [1.82, 2.24) is 4.98 Å². The van der Waals surface area contributed by atoms with E-state index in [1.807, 2.05) is 18.3 Å². The van der Waals surface area contributed by atoms with Crippen molar-refractivity contribution in [2.24, 2.45) is 0 Å². The number of aromatic nitrogens is 1. The summed E-state index contributed by atoms with van der Waals surface area (Å²) in [5.41, 5.74) is 8.86. The predicted molar refractivity (Wildman–Crippen MR) is 88.2 cm³/mol. The lowest BCUT2D eigenvalue weighted by atomic mass is 10.1. The summed E-state index contributed by atoms with van der Waals surface area (Å²) in [6.07, 6.45) is 5.64. The van der Waals surface area contributed by atoms with Crippen molar-refractivity contribution in [3.05, 3.63) is 30.5 Å². The minimum Gasteiger partial charge on any atom is -0.399 e. The summed E-state index contributed by atoms with van der Waals surface area (Å²) >= 11 is 0. The molecule has 0 spiro atoms. The SMILES string of the molecule is CCCCCN(c1ccnc2cc(N)ccc12)C(C)C. The van der Waals surface area contributed by atoms with Crippen LogP contribution in [-0.4, -0.2) is 17.6 Å². The van der Waals surface area contributed by atoms with Crippen molar-refractivity contribution < 1.29 is 0 Å². The van der Waals surface area contributed by atoms with Crippen LogP contribution in [0, 0.1) is 0 Å². The van der Waals surface area contributed by atoms with Gasteiger partial charge in [-0.15, -0.1) is 0 Å². The number of nitrogens with two attached hydrogens (primary N) is 1. The molecule has 0 saturated heterocycles. The Bertz CT molecular complexity index is 563. The molecular formula is C17H25N3. The van der Waals surface area contributed by atoms with E-state index in [-0.39, 0.29) is 0 Å². The largest absolute Gasteiger partial charge is 0.399 e. The van der Waals surface area contributed by atoms with Gasteiger partial charge in [-0.3, -0.25) is 4.98 Å². The third-order valence-electron chi connectivity index (χ3n) is 3.68. The first-order valence-corrected chi connectivity index (χ1v) is 7.54. The van der Waals surface area contributed by atoms with Crippen LogP contribution in [0.5, 0.6) is 0 Å². The van der Waals surface area contributed by atoms with Crippen LogP contribution >= 0.6 is 0 Å². The van der Waals surface area contributed by atoms with Gasteiger partial charge in [0, 0.05) is 35.5 Å². The zero-order chi connectivity index (χ0) is 14.5. The summed E-state index contributed by atoms with van der Waals surface area (Å²) < 4.78 is 0. The second kappa shape index (κ2) is 6.60. The molecule has 2 N–H and O–H groups in total. The molecule has 3 nitrogen and oxygen atoms in total. The zero-order valence-electron chi connectivity index (χ0n) is 12.8. The van der Waals surface area contributed by atoms with Crippen molar-refractivity contribution in [1.29, 1.82) is 0 Å². The maximum atomic E-state index is 5.85. The quantitative estimate of drug-likeness (QED) is 0.631. The Labute approximate surface area is 121 Å². The number of unbranched alkanes of at least 4 members (excludes halogenated alkanes) is 2. The van der Waals surface area contributed by atoms with E-state index in [1.54, 1.807) is 0 Å². The number of rotatable bonds is 6. The molecule has 2 rings (SSSR count). The highest BCUT2D eigenvalue weighted by molar-refractivity contribution is 5.93. The highest BCUT2D eigenvalue weighted by atomic mass is 15.2. The fourth-order valence-electron chi connectivity index (χ4n) is 2.59. The van der Waals surface area contributed by atoms with Crippen LogP contribution in [0.1, 0.15) is 40.0 Å². The smallest absolute Gasteiger partial charge is 0.0743 e. The number of hydrogen-bond acceptors (Lipinski definition) is 3. The molecule has 0 saturated carbocycles. The van der Waals surface area contributed by atoms with E-state index in [0.717, 1.165) is 17.7 Å². The first-order valence-electron chi connectivity index (χ1n) is 7.54. The summed E-state index contributed by atoms with van der Waals surface area (Å²) in [4.78, 5) is 6.90. The number of nitrogen functional groups attached to an aromatic ring is 1. The third kappa shape index (κ3) is 3.21. The average Bonchev–Trinajstić information content (AvgIpc) is 2.42. The molecule has 0 aliphatic heterocycles. The second-order valence-electron chi connectivity index (χ2n) is 5.60. The minimum absolute atomic E-state index is 0.481. The van der Waals surface area contributed by atoms with E-state index < -0.39 is 0 Å². The molecule has 0 aliphatic rings. The van der Waals surface area contributed by atoms with Crippen LogP contribution in [0.25, 0.3) is 10.9 Å². The Balaban J connectivity index is 2.37. The lowest BCUT2D eigenvalue weighted by molar-refractivity contribution is 0.627. The molecule has 20 heavy (non-hydrogen) atoms. The topological polar surface area (TPSA) is 42.2 Å². The fraction of sp³-hybridized carbons (Fsp3) is 0.471. The van der Waals surface area contributed by atoms with Gasteiger partial charge in [-0.2, -0.15) is 0 Å². The highest BCUT2D eigenvalue weighted by Gasteiger charge is 2.13. The predicted octanol–water partition coefficient (Wildman–Crippen LogP) is 4.22. The Morgan fingerprint density at radius 3 is 2.70 bits per heavy atom. The van der Waals surface area contributed by atoms with Gasteiger partial charge in [-0.05, 0) is 44.5 Å². The first-order chi connectivity index (χ1) is 9.63. The van der Waals surface area contributed by atoms with Gasteiger partial charge in [-0.1, -0.05) is 19.8 Å². The standard InChI is InChI=1S/C17H25N3/c1-4-5-6-11-20(13(2)3)17-9-10-19-16-12-14(18)7-8-15(16)17/h7-10,12-13H,4-6,11,18H2,1-3H3. The highest BCUT2D eigenvalue weighted by Crippen LogP contribution is 2.28. The van der Waals surface area contributed by atoms with E-state index in [1.165, 1.54) is 30.3 Å². The molecule has 2 aromatic rings. The minimum atomic E-state index is 0.481. The van der Waals surface area contributed by atoms with Gasteiger partial charge >= 0.3 is 0 Å². The normalized spacial score (nSPS) is 11.2. The lowest BCUT2D eigenvalue weighted by Crippen LogP contribution is -2.31. The number of hydrogen-bond donors (Lipinski definition) is 1. The van der Waals surface area contributed by atoms with Crippen molar-refractivity contribution >= 4 is 22.3 Å². The summed E-state index contributed by atoms with van der Waals surface area (Å²) in [6, 6.07) is 8.59. The van der Waals surface area contributed by atoms with Crippen molar-refractivity contribution in [3.8, 4) is 0 Å². The van der Waals surface area contributed by atoms with Crippen LogP contribution in [0.2, 0.25) is 0 Å². The second-order valence-corrected chi connectivity index (χ2v) is 5.60. The average molecular weight is 271 g/mol. The molecule has 1 aromatic heterocycles. The van der Waals surface area contributed by atoms with Gasteiger partial charge in [0.25, 0.3) is 0 Å². The van der Waals surface area contributed by atoms with Gasteiger partial charge in [0.1, 0.15) is 0 Å². The summed E-state index contributed by atoms with van der Waals surface area (Å²) in [5, 5.41) is 1.19. The molecule has 0 fully saturated rings. The third-order valence-corrected chi connectivity index (χ3v) is 3.68. The Kier molecular flexibility index (Phi) is 4.83. The van der Waals surface area contributed by atoms with Crippen LogP contribution in [0.4, 0.5) is 11.4 Å². The maximum absolute atomic E-state index is 5.85. The van der Waals surface area contributed by atoms with Gasteiger partial charge in [-0.25, -0.2) is 0 Å². The Morgan fingerprint density at radius 1 is 1.20 bits per heavy atom. The van der Waals surface area contributed by atoms with Gasteiger partial charge < -0.3 is 10.6 Å². The van der Waals surface area contributed by atoms with E-state index >= 15 is 0 Å². The summed E-state index contributed by atoms with van der Waals surface area (Å²) in [6.45, 7) is 7.82. The Morgan fingerprint density at radius 2 is 2.00 bits per heavy atom. The molecule has 108 valence electrons. The van der Waals surface area contributed by atoms with Gasteiger partial charge in [0.15, 0.2) is 0 Å². The molecule has 0 atom stereocenters. The van der Waals surface area contributed by atoms with Crippen molar-refractivity contribution in [2.45, 2.75) is 46.1 Å². The van der Waals surface area contributed by atoms with Crippen LogP contribution < -0.4 is 10.6 Å². The number of nitrogens with zero attached hydrogens (tertiary/aromatic N) is 2. The Hall–Kier alpha value is -1.77. The number of benzene rings is 1. The van der Waals surface area contributed by atoms with Crippen LogP contribution in [0.3, 0.4) is 0 Å². The number of anilines is 2. The fourth-order valence-corrected chi connectivity index (χ4v) is 2.59. The monoisotopic (exact) mass is 271 g/mol. The number of pyridine rings is 1. The zero-order valence-corrected chi connectivity index (χ0v) is 12.8. The molecule has 0 aliphatic carbocycles. The summed E-state index contributed by atoms with van der Waals surface area (Å²) in [7, 11) is 0.